The highest BCUT2D eigenvalue weighted by atomic mass is 19.1. The van der Waals surface area contributed by atoms with Crippen LogP contribution < -0.4 is 9.47 Å². The zero-order chi connectivity index (χ0) is 18.0. The first kappa shape index (κ1) is 17.2. The van der Waals surface area contributed by atoms with Crippen molar-refractivity contribution in [2.24, 2.45) is 11.8 Å². The molecule has 0 unspecified atom stereocenters. The van der Waals surface area contributed by atoms with Crippen LogP contribution in [0.15, 0.2) is 36.5 Å². The normalized spacial score (nSPS) is 18.9. The van der Waals surface area contributed by atoms with Crippen LogP contribution in [0.5, 0.6) is 11.6 Å². The van der Waals surface area contributed by atoms with Crippen molar-refractivity contribution in [3.8, 4) is 22.8 Å². The summed E-state index contributed by atoms with van der Waals surface area (Å²) in [6.07, 6.45) is 1.77. The Kier molecular flexibility index (Phi) is 4.88. The Hall–Kier alpha value is -2.63. The van der Waals surface area contributed by atoms with Gasteiger partial charge in [0.1, 0.15) is 11.6 Å². The topological polar surface area (TPSA) is 68.7 Å². The van der Waals surface area contributed by atoms with Gasteiger partial charge in [-0.3, -0.25) is 4.79 Å². The number of carboxylic acids is 1. The van der Waals surface area contributed by atoms with Crippen LogP contribution in [0, 0.1) is 17.7 Å². The van der Waals surface area contributed by atoms with E-state index in [9.17, 15) is 9.18 Å². The number of hydrogen-bond acceptors (Lipinski definition) is 4. The average Bonchev–Trinajstić information content (AvgIpc) is 3.35. The molecule has 1 N–H and O–H groups in total. The lowest BCUT2D eigenvalue weighted by Gasteiger charge is -2.11. The second kappa shape index (κ2) is 7.09. The molecular formula is C19H20FNO4. The van der Waals surface area contributed by atoms with Gasteiger partial charge in [0.25, 0.3) is 0 Å². The molecule has 25 heavy (non-hydrogen) atoms. The molecule has 0 radical (unpaired) electrons. The van der Waals surface area contributed by atoms with Gasteiger partial charge in [-0.05, 0) is 38.0 Å². The van der Waals surface area contributed by atoms with E-state index in [-0.39, 0.29) is 17.9 Å². The monoisotopic (exact) mass is 345 g/mol. The molecule has 6 heteroatoms. The van der Waals surface area contributed by atoms with Gasteiger partial charge in [0.15, 0.2) is 0 Å². The summed E-state index contributed by atoms with van der Waals surface area (Å²) in [5.74, 6) is -0.396. The van der Waals surface area contributed by atoms with E-state index in [4.69, 9.17) is 14.6 Å². The third-order valence-electron chi connectivity index (χ3n) is 4.06. The molecule has 0 bridgehead atoms. The SMILES string of the molecule is CC(C)Oc1cc(-c2ccc(OC[C@@H]3C[C@H]3C(=O)O)cc2)c(F)cn1. The van der Waals surface area contributed by atoms with E-state index >= 15 is 0 Å². The lowest BCUT2D eigenvalue weighted by Crippen LogP contribution is -2.07. The van der Waals surface area contributed by atoms with Crippen LogP contribution >= 0.6 is 0 Å². The standard InChI is InChI=1S/C19H20FNO4/c1-11(2)25-18-8-15(17(20)9-21-18)12-3-5-14(6-4-12)24-10-13-7-16(13)19(22)23/h3-6,8-9,11,13,16H,7,10H2,1-2H3,(H,22,23)/t13-,16+/m0/s1. The summed E-state index contributed by atoms with van der Waals surface area (Å²) in [5, 5.41) is 8.88. The molecule has 1 aliphatic carbocycles. The molecule has 132 valence electrons. The molecule has 0 saturated heterocycles. The Morgan fingerprint density at radius 1 is 1.36 bits per heavy atom. The molecule has 1 aliphatic rings. The molecule has 1 heterocycles. The second-order valence-electron chi connectivity index (χ2n) is 6.44. The fraction of sp³-hybridized carbons (Fsp3) is 0.368. The van der Waals surface area contributed by atoms with Crippen LogP contribution in [0.25, 0.3) is 11.1 Å². The van der Waals surface area contributed by atoms with Crippen molar-refractivity contribution in [2.45, 2.75) is 26.4 Å². The van der Waals surface area contributed by atoms with E-state index in [1.165, 1.54) is 0 Å². The number of aliphatic carboxylic acids is 1. The van der Waals surface area contributed by atoms with Crippen molar-refractivity contribution in [3.63, 3.8) is 0 Å². The van der Waals surface area contributed by atoms with E-state index in [1.807, 2.05) is 13.8 Å². The van der Waals surface area contributed by atoms with Crippen molar-refractivity contribution in [3.05, 3.63) is 42.3 Å². The number of benzene rings is 1. The van der Waals surface area contributed by atoms with Crippen LogP contribution in [0.2, 0.25) is 0 Å². The minimum atomic E-state index is -0.767. The lowest BCUT2D eigenvalue weighted by atomic mass is 10.1. The third-order valence-corrected chi connectivity index (χ3v) is 4.06. The number of halogens is 1. The number of ether oxygens (including phenoxy) is 2. The van der Waals surface area contributed by atoms with Gasteiger partial charge < -0.3 is 14.6 Å². The van der Waals surface area contributed by atoms with Crippen LogP contribution in [-0.2, 0) is 4.79 Å². The van der Waals surface area contributed by atoms with Crippen molar-refractivity contribution in [2.75, 3.05) is 6.61 Å². The van der Waals surface area contributed by atoms with Gasteiger partial charge >= 0.3 is 5.97 Å². The summed E-state index contributed by atoms with van der Waals surface area (Å²) in [4.78, 5) is 14.7. The molecule has 0 amide bonds. The molecule has 1 fully saturated rings. The smallest absolute Gasteiger partial charge is 0.306 e. The number of carbonyl (C=O) groups is 1. The largest absolute Gasteiger partial charge is 0.493 e. The van der Waals surface area contributed by atoms with Gasteiger partial charge in [0.2, 0.25) is 5.88 Å². The Labute approximate surface area is 145 Å². The van der Waals surface area contributed by atoms with Crippen molar-refractivity contribution in [1.29, 1.82) is 0 Å². The highest BCUT2D eigenvalue weighted by molar-refractivity contribution is 5.73. The fourth-order valence-corrected chi connectivity index (χ4v) is 2.61. The molecule has 1 aromatic heterocycles. The van der Waals surface area contributed by atoms with Gasteiger partial charge in [-0.25, -0.2) is 9.37 Å². The maximum Gasteiger partial charge on any atom is 0.306 e. The van der Waals surface area contributed by atoms with E-state index in [0.717, 1.165) is 6.20 Å². The first-order chi connectivity index (χ1) is 11.9. The van der Waals surface area contributed by atoms with Crippen LogP contribution in [0.1, 0.15) is 20.3 Å². The van der Waals surface area contributed by atoms with Gasteiger partial charge in [-0.15, -0.1) is 0 Å². The first-order valence-corrected chi connectivity index (χ1v) is 8.22. The highest BCUT2D eigenvalue weighted by Crippen LogP contribution is 2.39. The van der Waals surface area contributed by atoms with Gasteiger partial charge in [0.05, 0.1) is 24.8 Å². The van der Waals surface area contributed by atoms with E-state index in [2.05, 4.69) is 4.98 Å². The summed E-state index contributed by atoms with van der Waals surface area (Å²) in [6, 6.07) is 8.59. The third kappa shape index (κ3) is 4.26. The predicted molar refractivity (Wildman–Crippen MR) is 90.1 cm³/mol. The maximum atomic E-state index is 14.1. The number of carboxylic acid groups (broad SMARTS) is 1. The first-order valence-electron chi connectivity index (χ1n) is 8.22. The highest BCUT2D eigenvalue weighted by Gasteiger charge is 2.43. The quantitative estimate of drug-likeness (QED) is 0.827. The molecule has 2 aromatic rings. The molecule has 5 nitrogen and oxygen atoms in total. The number of pyridine rings is 1. The predicted octanol–water partition coefficient (Wildman–Crippen LogP) is 3.77. The van der Waals surface area contributed by atoms with Crippen LogP contribution in [0.4, 0.5) is 4.39 Å². The molecule has 1 saturated carbocycles. The summed E-state index contributed by atoms with van der Waals surface area (Å²) >= 11 is 0. The molecule has 0 spiro atoms. The van der Waals surface area contributed by atoms with Crippen molar-refractivity contribution < 1.29 is 23.8 Å². The van der Waals surface area contributed by atoms with Crippen LogP contribution in [0.3, 0.4) is 0 Å². The number of aromatic nitrogens is 1. The van der Waals surface area contributed by atoms with E-state index in [0.29, 0.717) is 35.8 Å². The summed E-state index contributed by atoms with van der Waals surface area (Å²) in [5.41, 5.74) is 1.10. The fourth-order valence-electron chi connectivity index (χ4n) is 2.61. The molecular weight excluding hydrogens is 325 g/mol. The Balaban J connectivity index is 1.67. The zero-order valence-corrected chi connectivity index (χ0v) is 14.1. The number of hydrogen-bond donors (Lipinski definition) is 1. The maximum absolute atomic E-state index is 14.1. The Morgan fingerprint density at radius 3 is 2.68 bits per heavy atom. The van der Waals surface area contributed by atoms with Crippen molar-refractivity contribution >= 4 is 5.97 Å². The Bertz CT molecular complexity index is 761. The van der Waals surface area contributed by atoms with Crippen LogP contribution in [-0.4, -0.2) is 28.8 Å². The van der Waals surface area contributed by atoms with E-state index in [1.54, 1.807) is 30.3 Å². The van der Waals surface area contributed by atoms with Crippen molar-refractivity contribution in [1.82, 2.24) is 4.98 Å². The Morgan fingerprint density at radius 2 is 2.08 bits per heavy atom. The van der Waals surface area contributed by atoms with Gasteiger partial charge in [-0.1, -0.05) is 12.1 Å². The van der Waals surface area contributed by atoms with Gasteiger partial charge in [0, 0.05) is 17.5 Å². The minimum Gasteiger partial charge on any atom is -0.493 e. The molecule has 0 aliphatic heterocycles. The second-order valence-corrected chi connectivity index (χ2v) is 6.44. The number of nitrogens with zero attached hydrogens (tertiary/aromatic N) is 1. The summed E-state index contributed by atoms with van der Waals surface area (Å²) in [6.45, 7) is 4.14. The van der Waals surface area contributed by atoms with Gasteiger partial charge in [-0.2, -0.15) is 0 Å². The van der Waals surface area contributed by atoms with E-state index < -0.39 is 11.8 Å². The molecule has 1 aromatic carbocycles. The molecule has 2 atom stereocenters. The summed E-state index contributed by atoms with van der Waals surface area (Å²) in [7, 11) is 0. The zero-order valence-electron chi connectivity index (χ0n) is 14.1. The minimum absolute atomic E-state index is 0.0429. The molecule has 3 rings (SSSR count). The summed E-state index contributed by atoms with van der Waals surface area (Å²) < 4.78 is 25.2. The number of rotatable bonds is 7. The average molecular weight is 345 g/mol. The lowest BCUT2D eigenvalue weighted by molar-refractivity contribution is -0.138.